The normalized spacial score (nSPS) is 11.7. The highest BCUT2D eigenvalue weighted by Crippen LogP contribution is 2.19. The first-order valence-electron chi connectivity index (χ1n) is 7.17. The Hall–Kier alpha value is -0.840. The Bertz CT molecular complexity index is 359. The molecule has 0 bridgehead atoms. The molecule has 0 aromatic carbocycles. The van der Waals surface area contributed by atoms with Gasteiger partial charge in [-0.15, -0.1) is 0 Å². The van der Waals surface area contributed by atoms with Gasteiger partial charge in [-0.3, -0.25) is 4.90 Å². The highest BCUT2D eigenvalue weighted by Gasteiger charge is 2.17. The Morgan fingerprint density at radius 3 is 2.53 bits per heavy atom. The van der Waals surface area contributed by atoms with Gasteiger partial charge in [-0.05, 0) is 25.8 Å². The third kappa shape index (κ3) is 4.64. The highest BCUT2D eigenvalue weighted by atomic mass is 16.5. The third-order valence-corrected chi connectivity index (χ3v) is 3.69. The highest BCUT2D eigenvalue weighted by molar-refractivity contribution is 5.20. The van der Waals surface area contributed by atoms with Gasteiger partial charge < -0.3 is 14.9 Å². The lowest BCUT2D eigenvalue weighted by molar-refractivity contribution is 0.109. The Balaban J connectivity index is 2.77. The van der Waals surface area contributed by atoms with Gasteiger partial charge in [0, 0.05) is 31.8 Å². The summed E-state index contributed by atoms with van der Waals surface area (Å²) in [5.41, 5.74) is 6.87. The van der Waals surface area contributed by atoms with Crippen molar-refractivity contribution >= 4 is 0 Å². The molecule has 0 spiro atoms. The van der Waals surface area contributed by atoms with Crippen molar-refractivity contribution in [2.75, 3.05) is 20.3 Å². The number of ether oxygens (including phenoxy) is 1. The van der Waals surface area contributed by atoms with E-state index in [2.05, 4.69) is 24.8 Å². The van der Waals surface area contributed by atoms with E-state index in [0.717, 1.165) is 44.1 Å². The van der Waals surface area contributed by atoms with Gasteiger partial charge in [0.1, 0.15) is 11.5 Å². The maximum atomic E-state index is 5.63. The van der Waals surface area contributed by atoms with Gasteiger partial charge in [-0.2, -0.15) is 0 Å². The van der Waals surface area contributed by atoms with Gasteiger partial charge in [0.2, 0.25) is 0 Å². The van der Waals surface area contributed by atoms with Crippen LogP contribution in [-0.4, -0.2) is 31.2 Å². The maximum absolute atomic E-state index is 5.63. The molecule has 4 heteroatoms. The summed E-state index contributed by atoms with van der Waals surface area (Å²) in [4.78, 5) is 2.47. The molecule has 0 saturated carbocycles. The van der Waals surface area contributed by atoms with Crippen LogP contribution in [0.4, 0.5) is 0 Å². The van der Waals surface area contributed by atoms with E-state index in [1.165, 1.54) is 5.56 Å². The van der Waals surface area contributed by atoms with Gasteiger partial charge >= 0.3 is 0 Å². The number of methoxy groups -OCH3 is 1. The van der Waals surface area contributed by atoms with Gasteiger partial charge in [-0.25, -0.2) is 0 Å². The molecule has 0 aliphatic rings. The summed E-state index contributed by atoms with van der Waals surface area (Å²) in [5, 5.41) is 0. The molecule has 110 valence electrons. The topological polar surface area (TPSA) is 51.6 Å². The maximum Gasteiger partial charge on any atom is 0.118 e. The molecule has 0 saturated heterocycles. The number of furan rings is 1. The van der Waals surface area contributed by atoms with Gasteiger partial charge in [0.25, 0.3) is 0 Å². The second kappa shape index (κ2) is 8.35. The molecule has 0 aliphatic carbocycles. The summed E-state index contributed by atoms with van der Waals surface area (Å²) in [7, 11) is 1.75. The molecule has 0 radical (unpaired) electrons. The van der Waals surface area contributed by atoms with E-state index in [4.69, 9.17) is 14.9 Å². The fourth-order valence-electron chi connectivity index (χ4n) is 2.47. The second-order valence-electron chi connectivity index (χ2n) is 4.93. The molecule has 19 heavy (non-hydrogen) atoms. The van der Waals surface area contributed by atoms with Crippen molar-refractivity contribution in [2.24, 2.45) is 5.73 Å². The molecule has 1 rings (SSSR count). The molecule has 0 amide bonds. The SMILES string of the molecule is CCC(CC)N(CCOC)Cc1cc(CN)oc1C. The first-order valence-corrected chi connectivity index (χ1v) is 7.17. The van der Waals surface area contributed by atoms with Crippen LogP contribution in [0.5, 0.6) is 0 Å². The summed E-state index contributed by atoms with van der Waals surface area (Å²) >= 11 is 0. The Morgan fingerprint density at radius 1 is 1.37 bits per heavy atom. The van der Waals surface area contributed by atoms with Crippen LogP contribution in [-0.2, 0) is 17.8 Å². The summed E-state index contributed by atoms with van der Waals surface area (Å²) in [6.07, 6.45) is 2.31. The average Bonchev–Trinajstić information content (AvgIpc) is 2.77. The lowest BCUT2D eigenvalue weighted by Crippen LogP contribution is -2.36. The minimum atomic E-state index is 0.462. The predicted molar refractivity (Wildman–Crippen MR) is 78.0 cm³/mol. The fourth-order valence-corrected chi connectivity index (χ4v) is 2.47. The van der Waals surface area contributed by atoms with E-state index < -0.39 is 0 Å². The Morgan fingerprint density at radius 2 is 2.05 bits per heavy atom. The first kappa shape index (κ1) is 16.2. The molecule has 1 aromatic rings. The van der Waals surface area contributed by atoms with Crippen molar-refractivity contribution < 1.29 is 9.15 Å². The minimum absolute atomic E-state index is 0.462. The smallest absolute Gasteiger partial charge is 0.118 e. The van der Waals surface area contributed by atoms with Crippen molar-refractivity contribution in [1.29, 1.82) is 0 Å². The van der Waals surface area contributed by atoms with Crippen molar-refractivity contribution in [3.8, 4) is 0 Å². The van der Waals surface area contributed by atoms with Crippen LogP contribution in [0, 0.1) is 6.92 Å². The number of aryl methyl sites for hydroxylation is 1. The zero-order chi connectivity index (χ0) is 14.3. The van der Waals surface area contributed by atoms with E-state index in [0.29, 0.717) is 12.6 Å². The van der Waals surface area contributed by atoms with Crippen LogP contribution in [0.1, 0.15) is 43.8 Å². The van der Waals surface area contributed by atoms with Crippen LogP contribution in [0.15, 0.2) is 10.5 Å². The fraction of sp³-hybridized carbons (Fsp3) is 0.733. The molecule has 0 atom stereocenters. The molecule has 0 aliphatic heterocycles. The van der Waals surface area contributed by atoms with Crippen molar-refractivity contribution in [3.05, 3.63) is 23.2 Å². The first-order chi connectivity index (χ1) is 9.15. The van der Waals surface area contributed by atoms with Crippen molar-refractivity contribution in [2.45, 2.75) is 52.7 Å². The standard InChI is InChI=1S/C15H28N2O2/c1-5-14(6-2)17(7-8-18-4)11-13-9-15(10-16)19-12(13)3/h9,14H,5-8,10-11,16H2,1-4H3. The summed E-state index contributed by atoms with van der Waals surface area (Å²) < 4.78 is 10.9. The molecule has 1 aromatic heterocycles. The van der Waals surface area contributed by atoms with E-state index in [1.54, 1.807) is 7.11 Å². The molecular weight excluding hydrogens is 240 g/mol. The quantitative estimate of drug-likeness (QED) is 0.748. The summed E-state index contributed by atoms with van der Waals surface area (Å²) in [6.45, 7) is 9.57. The van der Waals surface area contributed by atoms with Gasteiger partial charge in [0.15, 0.2) is 0 Å². The van der Waals surface area contributed by atoms with Gasteiger partial charge in [-0.1, -0.05) is 13.8 Å². The zero-order valence-electron chi connectivity index (χ0n) is 12.7. The molecular formula is C15H28N2O2. The summed E-state index contributed by atoms with van der Waals surface area (Å²) in [6, 6.07) is 2.67. The number of rotatable bonds is 9. The van der Waals surface area contributed by atoms with E-state index in [9.17, 15) is 0 Å². The minimum Gasteiger partial charge on any atom is -0.465 e. The van der Waals surface area contributed by atoms with Crippen LogP contribution in [0.25, 0.3) is 0 Å². The Kier molecular flexibility index (Phi) is 7.13. The third-order valence-electron chi connectivity index (χ3n) is 3.69. The van der Waals surface area contributed by atoms with E-state index >= 15 is 0 Å². The number of hydrogen-bond donors (Lipinski definition) is 1. The van der Waals surface area contributed by atoms with Crippen LogP contribution in [0.3, 0.4) is 0 Å². The van der Waals surface area contributed by atoms with E-state index in [1.807, 2.05) is 6.92 Å². The summed E-state index contributed by atoms with van der Waals surface area (Å²) in [5.74, 6) is 1.84. The molecule has 1 heterocycles. The largest absolute Gasteiger partial charge is 0.465 e. The molecule has 2 N–H and O–H groups in total. The lowest BCUT2D eigenvalue weighted by Gasteiger charge is -2.30. The molecule has 0 unspecified atom stereocenters. The van der Waals surface area contributed by atoms with Crippen LogP contribution >= 0.6 is 0 Å². The monoisotopic (exact) mass is 268 g/mol. The molecule has 4 nitrogen and oxygen atoms in total. The average molecular weight is 268 g/mol. The van der Waals surface area contributed by atoms with E-state index in [-0.39, 0.29) is 0 Å². The number of nitrogens with two attached hydrogens (primary N) is 1. The van der Waals surface area contributed by atoms with Crippen LogP contribution < -0.4 is 5.73 Å². The second-order valence-corrected chi connectivity index (χ2v) is 4.93. The zero-order valence-corrected chi connectivity index (χ0v) is 12.7. The lowest BCUT2D eigenvalue weighted by atomic mass is 10.1. The van der Waals surface area contributed by atoms with Crippen LogP contribution in [0.2, 0.25) is 0 Å². The van der Waals surface area contributed by atoms with Gasteiger partial charge in [0.05, 0.1) is 13.2 Å². The number of hydrogen-bond acceptors (Lipinski definition) is 4. The predicted octanol–water partition coefficient (Wildman–Crippen LogP) is 2.68. The molecule has 0 fully saturated rings. The number of nitrogens with zero attached hydrogens (tertiary/aromatic N) is 1. The van der Waals surface area contributed by atoms with Crippen molar-refractivity contribution in [1.82, 2.24) is 4.90 Å². The Labute approximate surface area is 116 Å². The van der Waals surface area contributed by atoms with Crippen molar-refractivity contribution in [3.63, 3.8) is 0 Å².